The predicted octanol–water partition coefficient (Wildman–Crippen LogP) is 5.08. The zero-order valence-electron chi connectivity index (χ0n) is 18.1. The Balaban J connectivity index is 3.68. The van der Waals surface area contributed by atoms with E-state index in [4.69, 9.17) is 20.1 Å². The van der Waals surface area contributed by atoms with E-state index < -0.39 is 18.0 Å². The molecular formula is C24H40O5. The quantitative estimate of drug-likeness (QED) is 0.135. The minimum absolute atomic E-state index is 0.117. The first kappa shape index (κ1) is 27.3. The third-order valence-corrected chi connectivity index (χ3v) is 4.29. The van der Waals surface area contributed by atoms with Crippen molar-refractivity contribution in [2.24, 2.45) is 0 Å². The number of allylic oxidation sites excluding steroid dienone is 8. The molecule has 5 nitrogen and oxygen atoms in total. The van der Waals surface area contributed by atoms with Crippen LogP contribution in [0, 0.1) is 0 Å². The molecule has 0 aromatic rings. The predicted molar refractivity (Wildman–Crippen MR) is 118 cm³/mol. The van der Waals surface area contributed by atoms with Gasteiger partial charge in [-0.15, -0.1) is 0 Å². The fourth-order valence-corrected chi connectivity index (χ4v) is 2.58. The Hall–Kier alpha value is -1.69. The van der Waals surface area contributed by atoms with E-state index in [2.05, 4.69) is 49.5 Å². The van der Waals surface area contributed by atoms with Crippen LogP contribution in [0.15, 0.2) is 48.6 Å². The van der Waals surface area contributed by atoms with Gasteiger partial charge in [0, 0.05) is 6.42 Å². The summed E-state index contributed by atoms with van der Waals surface area (Å²) >= 11 is 0. The maximum atomic E-state index is 11.6. The van der Waals surface area contributed by atoms with Crippen molar-refractivity contribution in [2.45, 2.75) is 96.6 Å². The number of hydrogen-bond donors (Lipinski definition) is 3. The number of esters is 1. The van der Waals surface area contributed by atoms with Crippen molar-refractivity contribution in [1.29, 1.82) is 0 Å². The fourth-order valence-electron chi connectivity index (χ4n) is 2.58. The molecule has 0 aliphatic carbocycles. The molecule has 0 radical (unpaired) electrons. The number of aliphatic hydroxyl groups is 3. The van der Waals surface area contributed by atoms with E-state index in [0.717, 1.165) is 25.7 Å². The minimum Gasteiger partial charge on any atom is -0.454 e. The van der Waals surface area contributed by atoms with Crippen LogP contribution in [0.25, 0.3) is 0 Å². The van der Waals surface area contributed by atoms with Crippen molar-refractivity contribution in [3.05, 3.63) is 48.6 Å². The second-order valence-electron chi connectivity index (χ2n) is 7.05. The van der Waals surface area contributed by atoms with Gasteiger partial charge in [-0.2, -0.15) is 0 Å². The summed E-state index contributed by atoms with van der Waals surface area (Å²) in [5.74, 6) is -3.54. The number of ether oxygens (including phenoxy) is 1. The number of rotatable bonds is 17. The van der Waals surface area contributed by atoms with Crippen LogP contribution in [0.4, 0.5) is 0 Å². The minimum atomic E-state index is -2.99. The molecule has 0 aromatic heterocycles. The van der Waals surface area contributed by atoms with Crippen molar-refractivity contribution in [1.82, 2.24) is 0 Å². The van der Waals surface area contributed by atoms with Crippen LogP contribution in [-0.4, -0.2) is 33.4 Å². The molecule has 0 aromatic carbocycles. The lowest BCUT2D eigenvalue weighted by atomic mass is 10.2. The molecule has 0 saturated carbocycles. The van der Waals surface area contributed by atoms with Gasteiger partial charge < -0.3 is 20.1 Å². The van der Waals surface area contributed by atoms with Crippen molar-refractivity contribution >= 4 is 5.97 Å². The standard InChI is InChI=1S/C24H40O5/c1-3-5-6-7-8-9-10-11-12-13-14-15-16-17-18-19-20-21-23(25)29-22(4-2)24(26,27)28/h8-9,11-12,14-15,17-18,22,26-28H,3-7,10,13,16,19-21H2,1-2H3/b9-8-,12-11-,15-14-,18-17-. The van der Waals surface area contributed by atoms with E-state index >= 15 is 0 Å². The van der Waals surface area contributed by atoms with E-state index in [1.807, 2.05) is 6.08 Å². The molecule has 1 atom stereocenters. The summed E-state index contributed by atoms with van der Waals surface area (Å²) in [7, 11) is 0. The van der Waals surface area contributed by atoms with Gasteiger partial charge in [-0.05, 0) is 51.4 Å². The Morgan fingerprint density at radius 3 is 1.72 bits per heavy atom. The van der Waals surface area contributed by atoms with Crippen molar-refractivity contribution < 1.29 is 24.9 Å². The van der Waals surface area contributed by atoms with Crippen molar-refractivity contribution in [3.63, 3.8) is 0 Å². The molecule has 0 bridgehead atoms. The topological polar surface area (TPSA) is 87.0 Å². The Morgan fingerprint density at radius 1 is 0.793 bits per heavy atom. The Bertz CT molecular complexity index is 512. The average molecular weight is 409 g/mol. The summed E-state index contributed by atoms with van der Waals surface area (Å²) in [6.45, 7) is 3.81. The Labute approximate surface area is 176 Å². The van der Waals surface area contributed by atoms with Crippen LogP contribution in [0.2, 0.25) is 0 Å². The fraction of sp³-hybridized carbons (Fsp3) is 0.625. The van der Waals surface area contributed by atoms with Crippen LogP contribution >= 0.6 is 0 Å². The molecular weight excluding hydrogens is 368 g/mol. The van der Waals surface area contributed by atoms with E-state index in [0.29, 0.717) is 6.42 Å². The first-order valence-corrected chi connectivity index (χ1v) is 10.9. The van der Waals surface area contributed by atoms with Gasteiger partial charge in [0.05, 0.1) is 0 Å². The summed E-state index contributed by atoms with van der Waals surface area (Å²) in [6, 6.07) is 0. The summed E-state index contributed by atoms with van der Waals surface area (Å²) in [5, 5.41) is 27.2. The zero-order chi connectivity index (χ0) is 21.8. The van der Waals surface area contributed by atoms with Crippen LogP contribution in [0.3, 0.4) is 0 Å². The van der Waals surface area contributed by atoms with Gasteiger partial charge >= 0.3 is 11.9 Å². The molecule has 29 heavy (non-hydrogen) atoms. The largest absolute Gasteiger partial charge is 0.454 e. The van der Waals surface area contributed by atoms with E-state index in [1.54, 1.807) is 6.92 Å². The molecule has 0 rings (SSSR count). The maximum Gasteiger partial charge on any atom is 0.314 e. The third-order valence-electron chi connectivity index (χ3n) is 4.29. The molecule has 1 unspecified atom stereocenters. The first-order chi connectivity index (χ1) is 13.9. The summed E-state index contributed by atoms with van der Waals surface area (Å²) in [5.41, 5.74) is 0. The summed E-state index contributed by atoms with van der Waals surface area (Å²) < 4.78 is 4.86. The highest BCUT2D eigenvalue weighted by Gasteiger charge is 2.33. The van der Waals surface area contributed by atoms with Gasteiger partial charge in [0.25, 0.3) is 0 Å². The number of carbonyl (C=O) groups is 1. The van der Waals surface area contributed by atoms with Crippen LogP contribution in [-0.2, 0) is 9.53 Å². The highest BCUT2D eigenvalue weighted by atomic mass is 16.7. The van der Waals surface area contributed by atoms with Gasteiger partial charge in [0.2, 0.25) is 0 Å². The molecule has 0 aliphatic heterocycles. The lowest BCUT2D eigenvalue weighted by Crippen LogP contribution is -2.44. The van der Waals surface area contributed by atoms with Gasteiger partial charge in [-0.1, -0.05) is 75.3 Å². The van der Waals surface area contributed by atoms with Crippen molar-refractivity contribution in [3.8, 4) is 0 Å². The molecule has 166 valence electrons. The number of unbranched alkanes of at least 4 members (excludes halogenated alkanes) is 4. The molecule has 0 fully saturated rings. The zero-order valence-corrected chi connectivity index (χ0v) is 18.1. The van der Waals surface area contributed by atoms with Crippen LogP contribution in [0.5, 0.6) is 0 Å². The molecule has 5 heteroatoms. The summed E-state index contributed by atoms with van der Waals surface area (Å²) in [4.78, 5) is 11.6. The Morgan fingerprint density at radius 2 is 1.28 bits per heavy atom. The van der Waals surface area contributed by atoms with Gasteiger partial charge in [0.1, 0.15) is 0 Å². The average Bonchev–Trinajstić information content (AvgIpc) is 2.67. The molecule has 3 N–H and O–H groups in total. The first-order valence-electron chi connectivity index (χ1n) is 10.9. The molecule has 0 saturated heterocycles. The van der Waals surface area contributed by atoms with Crippen LogP contribution < -0.4 is 0 Å². The smallest absolute Gasteiger partial charge is 0.314 e. The van der Waals surface area contributed by atoms with E-state index in [-0.39, 0.29) is 12.8 Å². The highest BCUT2D eigenvalue weighted by molar-refractivity contribution is 5.69. The molecule has 0 spiro atoms. The monoisotopic (exact) mass is 408 g/mol. The third kappa shape index (κ3) is 18.1. The van der Waals surface area contributed by atoms with Crippen molar-refractivity contribution in [2.75, 3.05) is 0 Å². The SMILES string of the molecule is CCCCC/C=C\C/C=C\C/C=C\C/C=C\CCCC(=O)OC(CC)C(O)(O)O. The molecule has 0 aliphatic rings. The second kappa shape index (κ2) is 18.3. The second-order valence-corrected chi connectivity index (χ2v) is 7.05. The van der Waals surface area contributed by atoms with E-state index in [9.17, 15) is 4.79 Å². The lowest BCUT2D eigenvalue weighted by Gasteiger charge is -2.24. The van der Waals surface area contributed by atoms with Gasteiger partial charge in [-0.25, -0.2) is 0 Å². The highest BCUT2D eigenvalue weighted by Crippen LogP contribution is 2.13. The van der Waals surface area contributed by atoms with Gasteiger partial charge in [-0.3, -0.25) is 4.79 Å². The maximum absolute atomic E-state index is 11.6. The number of hydrogen-bond acceptors (Lipinski definition) is 5. The van der Waals surface area contributed by atoms with E-state index in [1.165, 1.54) is 25.7 Å². The normalized spacial score (nSPS) is 14.0. The van der Waals surface area contributed by atoms with Gasteiger partial charge in [0.15, 0.2) is 6.10 Å². The molecule has 0 amide bonds. The molecule has 0 heterocycles. The Kier molecular flexibility index (Phi) is 17.3. The summed E-state index contributed by atoms with van der Waals surface area (Å²) in [6.07, 6.45) is 25.3. The lowest BCUT2D eigenvalue weighted by molar-refractivity contribution is -0.356. The van der Waals surface area contributed by atoms with Crippen LogP contribution in [0.1, 0.15) is 84.5 Å². The number of carbonyl (C=O) groups excluding carboxylic acids is 1.